The molecule has 2 nitrogen and oxygen atoms in total. The zero-order chi connectivity index (χ0) is 15.7. The van der Waals surface area contributed by atoms with Gasteiger partial charge in [0.25, 0.3) is 0 Å². The number of nitrogens with zero attached hydrogens (tertiary/aromatic N) is 1. The van der Waals surface area contributed by atoms with E-state index in [1.807, 2.05) is 37.3 Å². The number of thiophene rings is 1. The van der Waals surface area contributed by atoms with E-state index in [4.69, 9.17) is 11.6 Å². The molecule has 0 unspecified atom stereocenters. The number of hydrogen-bond acceptors (Lipinski definition) is 3. The quantitative estimate of drug-likeness (QED) is 0.315. The van der Waals surface area contributed by atoms with Gasteiger partial charge in [-0.3, -0.25) is 4.79 Å². The lowest BCUT2D eigenvalue weighted by molar-refractivity contribution is 0.105. The third-order valence-corrected chi connectivity index (χ3v) is 5.20. The van der Waals surface area contributed by atoms with Gasteiger partial charge in [-0.25, -0.2) is 4.98 Å². The summed E-state index contributed by atoms with van der Waals surface area (Å²) in [6.45, 7) is 2.00. The summed E-state index contributed by atoms with van der Waals surface area (Å²) < 4.78 is 0.935. The summed E-state index contributed by atoms with van der Waals surface area (Å²) in [5.74, 6) is -0.0453. The molecule has 5 heteroatoms. The van der Waals surface area contributed by atoms with E-state index in [1.165, 1.54) is 17.4 Å². The van der Waals surface area contributed by atoms with Gasteiger partial charge in [-0.15, -0.1) is 11.3 Å². The number of aryl methyl sites for hydroxylation is 1. The number of ketones is 1. The van der Waals surface area contributed by atoms with E-state index >= 15 is 0 Å². The normalized spacial score (nSPS) is 11.4. The topological polar surface area (TPSA) is 30.0 Å². The van der Waals surface area contributed by atoms with Crippen LogP contribution < -0.4 is 0 Å². The number of hydrogen-bond donors (Lipinski definition) is 0. The van der Waals surface area contributed by atoms with Crippen molar-refractivity contribution in [3.63, 3.8) is 0 Å². The standard InChI is InChI=1S/C17H11BrClNOS/c1-10-3-2-4-11-9-12(17(19)20-16(10)11)5-6-13(21)14-7-8-15(18)22-14/h2-9H,1H3/b6-5+. The van der Waals surface area contributed by atoms with Gasteiger partial charge >= 0.3 is 0 Å². The van der Waals surface area contributed by atoms with E-state index < -0.39 is 0 Å². The van der Waals surface area contributed by atoms with Gasteiger partial charge in [0.2, 0.25) is 0 Å². The SMILES string of the molecule is Cc1cccc2cc(/C=C/C(=O)c3ccc(Br)s3)c(Cl)nc12. The molecule has 0 radical (unpaired) electrons. The monoisotopic (exact) mass is 391 g/mol. The van der Waals surface area contributed by atoms with Crippen LogP contribution in [0.25, 0.3) is 17.0 Å². The molecular weight excluding hydrogens is 382 g/mol. The Kier molecular flexibility index (Phi) is 4.43. The summed E-state index contributed by atoms with van der Waals surface area (Å²) in [4.78, 5) is 17.2. The van der Waals surface area contributed by atoms with Crippen LogP contribution in [0.2, 0.25) is 5.15 Å². The van der Waals surface area contributed by atoms with E-state index in [2.05, 4.69) is 20.9 Å². The third-order valence-electron chi connectivity index (χ3n) is 3.26. The Morgan fingerprint density at radius 1 is 1.32 bits per heavy atom. The summed E-state index contributed by atoms with van der Waals surface area (Å²) in [6, 6.07) is 11.6. The maximum Gasteiger partial charge on any atom is 0.195 e. The van der Waals surface area contributed by atoms with Crippen LogP contribution in [-0.2, 0) is 0 Å². The fourth-order valence-corrected chi connectivity index (χ4v) is 3.66. The molecule has 0 fully saturated rings. The van der Waals surface area contributed by atoms with Crippen molar-refractivity contribution in [2.24, 2.45) is 0 Å². The number of carbonyl (C=O) groups excluding carboxylic acids is 1. The highest BCUT2D eigenvalue weighted by Crippen LogP contribution is 2.25. The summed E-state index contributed by atoms with van der Waals surface area (Å²) in [7, 11) is 0. The third kappa shape index (κ3) is 3.14. The Hall–Kier alpha value is -1.49. The molecule has 0 amide bonds. The van der Waals surface area contributed by atoms with E-state index in [9.17, 15) is 4.79 Å². The molecule has 0 aliphatic rings. The van der Waals surface area contributed by atoms with Crippen LogP contribution >= 0.6 is 38.9 Å². The van der Waals surface area contributed by atoms with Gasteiger partial charge in [0, 0.05) is 10.9 Å². The highest BCUT2D eigenvalue weighted by molar-refractivity contribution is 9.11. The molecule has 0 aliphatic heterocycles. The van der Waals surface area contributed by atoms with E-state index in [1.54, 1.807) is 12.1 Å². The summed E-state index contributed by atoms with van der Waals surface area (Å²) in [5.41, 5.74) is 2.70. The van der Waals surface area contributed by atoms with Crippen LogP contribution in [0.4, 0.5) is 0 Å². The number of allylic oxidation sites excluding steroid dienone is 1. The Bertz CT molecular complexity index is 901. The lowest BCUT2D eigenvalue weighted by Gasteiger charge is -2.04. The van der Waals surface area contributed by atoms with Crippen molar-refractivity contribution >= 4 is 61.6 Å². The Labute approximate surface area is 145 Å². The molecule has 0 N–H and O–H groups in total. The van der Waals surface area contributed by atoms with E-state index in [0.29, 0.717) is 10.0 Å². The van der Waals surface area contributed by atoms with Gasteiger partial charge in [0.1, 0.15) is 5.15 Å². The summed E-state index contributed by atoms with van der Waals surface area (Å²) in [5, 5.41) is 1.41. The van der Waals surface area contributed by atoms with E-state index in [-0.39, 0.29) is 5.78 Å². The number of pyridine rings is 1. The van der Waals surface area contributed by atoms with Crippen LogP contribution in [0.5, 0.6) is 0 Å². The van der Waals surface area contributed by atoms with Crippen molar-refractivity contribution in [2.45, 2.75) is 6.92 Å². The van der Waals surface area contributed by atoms with Gasteiger partial charge in [0.15, 0.2) is 5.78 Å². The first-order valence-corrected chi connectivity index (χ1v) is 8.57. The molecule has 1 aromatic carbocycles. The largest absolute Gasteiger partial charge is 0.288 e. The lowest BCUT2D eigenvalue weighted by Crippen LogP contribution is -1.91. The molecule has 0 saturated heterocycles. The van der Waals surface area contributed by atoms with Crippen LogP contribution in [-0.4, -0.2) is 10.8 Å². The van der Waals surface area contributed by atoms with Gasteiger partial charge in [-0.2, -0.15) is 0 Å². The maximum absolute atomic E-state index is 12.1. The first-order valence-electron chi connectivity index (χ1n) is 6.58. The molecule has 22 heavy (non-hydrogen) atoms. The first kappa shape index (κ1) is 15.4. The maximum atomic E-state index is 12.1. The molecule has 3 rings (SSSR count). The molecule has 0 saturated carbocycles. The van der Waals surface area contributed by atoms with E-state index in [0.717, 1.165) is 25.8 Å². The average molecular weight is 393 g/mol. The van der Waals surface area contributed by atoms with Crippen molar-refractivity contribution in [1.29, 1.82) is 0 Å². The molecule has 2 heterocycles. The Morgan fingerprint density at radius 2 is 2.14 bits per heavy atom. The number of aromatic nitrogens is 1. The van der Waals surface area contributed by atoms with Crippen molar-refractivity contribution in [1.82, 2.24) is 4.98 Å². The molecule has 0 atom stereocenters. The highest BCUT2D eigenvalue weighted by atomic mass is 79.9. The fraction of sp³-hybridized carbons (Fsp3) is 0.0588. The Balaban J connectivity index is 1.95. The van der Waals surface area contributed by atoms with Crippen molar-refractivity contribution in [3.8, 4) is 0 Å². The molecule has 0 spiro atoms. The number of halogens is 2. The number of para-hydroxylation sites is 1. The molecule has 0 aliphatic carbocycles. The second-order valence-electron chi connectivity index (χ2n) is 4.82. The van der Waals surface area contributed by atoms with Crippen LogP contribution in [0.1, 0.15) is 20.8 Å². The first-order chi connectivity index (χ1) is 10.5. The van der Waals surface area contributed by atoms with Crippen LogP contribution in [0.3, 0.4) is 0 Å². The second-order valence-corrected chi connectivity index (χ2v) is 7.64. The van der Waals surface area contributed by atoms with Crippen LogP contribution in [0, 0.1) is 6.92 Å². The number of carbonyl (C=O) groups is 1. The lowest BCUT2D eigenvalue weighted by atomic mass is 10.1. The number of fused-ring (bicyclic) bond motifs is 1. The van der Waals surface area contributed by atoms with Gasteiger partial charge in [-0.1, -0.05) is 29.8 Å². The average Bonchev–Trinajstić information content (AvgIpc) is 2.92. The second kappa shape index (κ2) is 6.32. The molecule has 2 aromatic heterocycles. The summed E-state index contributed by atoms with van der Waals surface area (Å²) >= 11 is 11.0. The highest BCUT2D eigenvalue weighted by Gasteiger charge is 2.07. The smallest absolute Gasteiger partial charge is 0.195 e. The minimum Gasteiger partial charge on any atom is -0.288 e. The zero-order valence-electron chi connectivity index (χ0n) is 11.6. The van der Waals surface area contributed by atoms with Crippen LogP contribution in [0.15, 0.2) is 46.3 Å². The van der Waals surface area contributed by atoms with Crippen molar-refractivity contribution in [3.05, 3.63) is 67.4 Å². The molecule has 0 bridgehead atoms. The number of rotatable bonds is 3. The number of benzene rings is 1. The van der Waals surface area contributed by atoms with Crippen molar-refractivity contribution < 1.29 is 4.79 Å². The molecule has 3 aromatic rings. The Morgan fingerprint density at radius 3 is 2.86 bits per heavy atom. The summed E-state index contributed by atoms with van der Waals surface area (Å²) in [6.07, 6.45) is 3.25. The minimum atomic E-state index is -0.0453. The zero-order valence-corrected chi connectivity index (χ0v) is 14.8. The predicted octanol–water partition coefficient (Wildman–Crippen LogP) is 5.92. The minimum absolute atomic E-state index is 0.0453. The predicted molar refractivity (Wildman–Crippen MR) is 96.9 cm³/mol. The molecule has 110 valence electrons. The molecular formula is C17H11BrClNOS. The van der Waals surface area contributed by atoms with Gasteiger partial charge in [-0.05, 0) is 58.8 Å². The van der Waals surface area contributed by atoms with Gasteiger partial charge in [0.05, 0.1) is 14.2 Å². The van der Waals surface area contributed by atoms with Gasteiger partial charge < -0.3 is 0 Å². The van der Waals surface area contributed by atoms with Crippen molar-refractivity contribution in [2.75, 3.05) is 0 Å². The fourth-order valence-electron chi connectivity index (χ4n) is 2.15.